The highest BCUT2D eigenvalue weighted by Crippen LogP contribution is 2.26. The molecule has 2 aromatic heterocycles. The van der Waals surface area contributed by atoms with E-state index >= 15 is 0 Å². The molecule has 0 atom stereocenters. The second-order valence-corrected chi connectivity index (χ2v) is 4.78. The number of rotatable bonds is 7. The van der Waals surface area contributed by atoms with Gasteiger partial charge in [-0.3, -0.25) is 0 Å². The summed E-state index contributed by atoms with van der Waals surface area (Å²) in [5.74, 6) is 1.56. The summed E-state index contributed by atoms with van der Waals surface area (Å²) in [5, 5.41) is 9.60. The Morgan fingerprint density at radius 3 is 2.94 bits per heavy atom. The average molecular weight is 266 g/mol. The van der Waals surface area contributed by atoms with Crippen LogP contribution in [0, 0.1) is 0 Å². The van der Waals surface area contributed by atoms with Gasteiger partial charge in [0.1, 0.15) is 10.6 Å². The van der Waals surface area contributed by atoms with E-state index < -0.39 is 0 Å². The van der Waals surface area contributed by atoms with Crippen LogP contribution in [0.25, 0.3) is 10.2 Å². The molecule has 0 saturated heterocycles. The normalized spacial score (nSPS) is 10.8. The summed E-state index contributed by atoms with van der Waals surface area (Å²) in [6.07, 6.45) is 1.05. The van der Waals surface area contributed by atoms with Gasteiger partial charge in [-0.25, -0.2) is 4.98 Å². The standard InChI is InChI=1S/C12H18N4OS/c1-3-5-14-12-15-10(13-6-7-17-2)9-4-8-18-11(9)16-12/h4,8H,3,5-7H2,1-2H3,(H2,13,14,15,16). The van der Waals surface area contributed by atoms with Crippen molar-refractivity contribution in [1.29, 1.82) is 0 Å². The van der Waals surface area contributed by atoms with E-state index in [1.54, 1.807) is 18.4 Å². The molecule has 18 heavy (non-hydrogen) atoms. The molecule has 0 fully saturated rings. The van der Waals surface area contributed by atoms with Crippen LogP contribution in [-0.4, -0.2) is 36.8 Å². The van der Waals surface area contributed by atoms with Crippen LogP contribution in [0.4, 0.5) is 11.8 Å². The van der Waals surface area contributed by atoms with Crippen LogP contribution in [0.1, 0.15) is 13.3 Å². The lowest BCUT2D eigenvalue weighted by molar-refractivity contribution is 0.210. The maximum absolute atomic E-state index is 5.03. The van der Waals surface area contributed by atoms with Crippen molar-refractivity contribution in [2.45, 2.75) is 13.3 Å². The summed E-state index contributed by atoms with van der Waals surface area (Å²) in [6, 6.07) is 2.04. The van der Waals surface area contributed by atoms with Crippen LogP contribution in [0.5, 0.6) is 0 Å². The van der Waals surface area contributed by atoms with E-state index in [0.29, 0.717) is 12.6 Å². The van der Waals surface area contributed by atoms with E-state index in [4.69, 9.17) is 4.74 Å². The number of fused-ring (bicyclic) bond motifs is 1. The molecule has 0 aliphatic carbocycles. The zero-order valence-corrected chi connectivity index (χ0v) is 11.5. The highest BCUT2D eigenvalue weighted by atomic mass is 32.1. The fourth-order valence-corrected chi connectivity index (χ4v) is 2.34. The van der Waals surface area contributed by atoms with Gasteiger partial charge in [-0.15, -0.1) is 11.3 Å². The number of methoxy groups -OCH3 is 1. The second kappa shape index (κ2) is 6.51. The lowest BCUT2D eigenvalue weighted by atomic mass is 10.4. The minimum atomic E-state index is 0.660. The van der Waals surface area contributed by atoms with E-state index in [9.17, 15) is 0 Å². The SMILES string of the molecule is CCCNc1nc(NCCOC)c2ccsc2n1. The molecule has 0 aliphatic heterocycles. The summed E-state index contributed by atoms with van der Waals surface area (Å²) in [7, 11) is 1.69. The first-order chi connectivity index (χ1) is 8.85. The van der Waals surface area contributed by atoms with Gasteiger partial charge in [-0.05, 0) is 17.9 Å². The number of aromatic nitrogens is 2. The van der Waals surface area contributed by atoms with Crippen LogP contribution in [-0.2, 0) is 4.74 Å². The first kappa shape index (κ1) is 13.0. The van der Waals surface area contributed by atoms with Crippen LogP contribution in [0.3, 0.4) is 0 Å². The number of anilines is 2. The van der Waals surface area contributed by atoms with Gasteiger partial charge in [-0.1, -0.05) is 6.92 Å². The Hall–Kier alpha value is -1.40. The molecular weight excluding hydrogens is 248 g/mol. The Balaban J connectivity index is 2.21. The Labute approximate surface area is 111 Å². The minimum Gasteiger partial charge on any atom is -0.383 e. The van der Waals surface area contributed by atoms with Gasteiger partial charge in [0.15, 0.2) is 0 Å². The van der Waals surface area contributed by atoms with Crippen molar-refractivity contribution in [3.63, 3.8) is 0 Å². The molecule has 0 saturated carbocycles. The molecule has 0 aromatic carbocycles. The molecule has 2 rings (SSSR count). The zero-order chi connectivity index (χ0) is 12.8. The van der Waals surface area contributed by atoms with Crippen molar-refractivity contribution in [2.75, 3.05) is 37.4 Å². The lowest BCUT2D eigenvalue weighted by Gasteiger charge is -2.09. The second-order valence-electron chi connectivity index (χ2n) is 3.88. The van der Waals surface area contributed by atoms with Crippen molar-refractivity contribution in [1.82, 2.24) is 9.97 Å². The summed E-state index contributed by atoms with van der Waals surface area (Å²) in [5.41, 5.74) is 0. The average Bonchev–Trinajstić information content (AvgIpc) is 2.85. The van der Waals surface area contributed by atoms with Gasteiger partial charge in [0, 0.05) is 20.2 Å². The van der Waals surface area contributed by atoms with E-state index in [-0.39, 0.29) is 0 Å². The van der Waals surface area contributed by atoms with E-state index in [1.165, 1.54) is 0 Å². The third-order valence-corrected chi connectivity index (χ3v) is 3.26. The number of ether oxygens (including phenoxy) is 1. The van der Waals surface area contributed by atoms with E-state index in [1.807, 2.05) is 11.4 Å². The van der Waals surface area contributed by atoms with Gasteiger partial charge in [0.2, 0.25) is 5.95 Å². The largest absolute Gasteiger partial charge is 0.383 e. The van der Waals surface area contributed by atoms with Gasteiger partial charge in [0.05, 0.1) is 12.0 Å². The first-order valence-electron chi connectivity index (χ1n) is 6.07. The van der Waals surface area contributed by atoms with Gasteiger partial charge in [-0.2, -0.15) is 4.98 Å². The van der Waals surface area contributed by atoms with Gasteiger partial charge >= 0.3 is 0 Å². The predicted octanol–water partition coefficient (Wildman–Crippen LogP) is 2.57. The molecule has 98 valence electrons. The molecule has 0 amide bonds. The summed E-state index contributed by atoms with van der Waals surface area (Å²) < 4.78 is 5.03. The van der Waals surface area contributed by atoms with Crippen molar-refractivity contribution in [3.8, 4) is 0 Å². The third kappa shape index (κ3) is 3.08. The minimum absolute atomic E-state index is 0.660. The fraction of sp³-hybridized carbons (Fsp3) is 0.500. The maximum Gasteiger partial charge on any atom is 0.226 e. The van der Waals surface area contributed by atoms with Crippen molar-refractivity contribution in [2.24, 2.45) is 0 Å². The molecule has 5 nitrogen and oxygen atoms in total. The Bertz CT molecular complexity index is 500. The lowest BCUT2D eigenvalue weighted by Crippen LogP contribution is -2.11. The Kier molecular flexibility index (Phi) is 4.72. The zero-order valence-electron chi connectivity index (χ0n) is 10.7. The Morgan fingerprint density at radius 2 is 2.17 bits per heavy atom. The molecule has 2 N–H and O–H groups in total. The predicted molar refractivity (Wildman–Crippen MR) is 76.6 cm³/mol. The fourth-order valence-electron chi connectivity index (χ4n) is 1.58. The van der Waals surface area contributed by atoms with Crippen LogP contribution in [0.15, 0.2) is 11.4 Å². The molecule has 0 radical (unpaired) electrons. The van der Waals surface area contributed by atoms with Crippen LogP contribution >= 0.6 is 11.3 Å². The number of nitrogens with one attached hydrogen (secondary N) is 2. The highest BCUT2D eigenvalue weighted by Gasteiger charge is 2.07. The third-order valence-electron chi connectivity index (χ3n) is 2.46. The number of hydrogen-bond donors (Lipinski definition) is 2. The summed E-state index contributed by atoms with van der Waals surface area (Å²) >= 11 is 1.63. The van der Waals surface area contributed by atoms with Crippen molar-refractivity contribution >= 4 is 33.3 Å². The number of thiophene rings is 1. The van der Waals surface area contributed by atoms with Crippen molar-refractivity contribution < 1.29 is 4.74 Å². The summed E-state index contributed by atoms with van der Waals surface area (Å²) in [4.78, 5) is 9.99. The van der Waals surface area contributed by atoms with E-state index in [2.05, 4.69) is 27.5 Å². The molecule has 0 bridgehead atoms. The smallest absolute Gasteiger partial charge is 0.226 e. The topological polar surface area (TPSA) is 59.1 Å². The quantitative estimate of drug-likeness (QED) is 0.754. The first-order valence-corrected chi connectivity index (χ1v) is 6.95. The molecule has 0 spiro atoms. The van der Waals surface area contributed by atoms with Crippen LogP contribution < -0.4 is 10.6 Å². The van der Waals surface area contributed by atoms with Gasteiger partial charge in [0.25, 0.3) is 0 Å². The molecule has 0 unspecified atom stereocenters. The molecule has 2 aromatic rings. The van der Waals surface area contributed by atoms with Gasteiger partial charge < -0.3 is 15.4 Å². The maximum atomic E-state index is 5.03. The number of nitrogens with zero attached hydrogens (tertiary/aromatic N) is 2. The summed E-state index contributed by atoms with van der Waals surface area (Å²) in [6.45, 7) is 4.40. The highest BCUT2D eigenvalue weighted by molar-refractivity contribution is 7.16. The Morgan fingerprint density at radius 1 is 1.28 bits per heavy atom. The monoisotopic (exact) mass is 266 g/mol. The molecule has 0 aliphatic rings. The van der Waals surface area contributed by atoms with Crippen LogP contribution in [0.2, 0.25) is 0 Å². The van der Waals surface area contributed by atoms with Crippen molar-refractivity contribution in [3.05, 3.63) is 11.4 Å². The van der Waals surface area contributed by atoms with E-state index in [0.717, 1.165) is 35.5 Å². The molecule has 2 heterocycles. The molecular formula is C12H18N4OS. The molecule has 6 heteroatoms. The number of hydrogen-bond acceptors (Lipinski definition) is 6.